The lowest BCUT2D eigenvalue weighted by Crippen LogP contribution is -2.23. The van der Waals surface area contributed by atoms with Gasteiger partial charge >= 0.3 is 0 Å². The van der Waals surface area contributed by atoms with Crippen molar-refractivity contribution < 1.29 is 4.79 Å². The zero-order valence-electron chi connectivity index (χ0n) is 13.8. The van der Waals surface area contributed by atoms with E-state index in [0.29, 0.717) is 0 Å². The smallest absolute Gasteiger partial charge is 0.253 e. The molecule has 0 spiro atoms. The minimum Gasteiger partial charge on any atom is -0.352 e. The SMILES string of the molecule is CC1=CC(c2cccc(C(=O)N(C)C)c2)C(C)=C(C)N1C. The van der Waals surface area contributed by atoms with Gasteiger partial charge in [-0.3, -0.25) is 4.79 Å². The highest BCUT2D eigenvalue weighted by molar-refractivity contribution is 5.94. The molecule has 3 heteroatoms. The fourth-order valence-electron chi connectivity index (χ4n) is 2.70. The molecule has 0 aliphatic carbocycles. The molecule has 0 radical (unpaired) electrons. The largest absolute Gasteiger partial charge is 0.352 e. The number of nitrogens with zero attached hydrogens (tertiary/aromatic N) is 2. The number of allylic oxidation sites excluding steroid dienone is 4. The van der Waals surface area contributed by atoms with Crippen molar-refractivity contribution in [2.75, 3.05) is 21.1 Å². The summed E-state index contributed by atoms with van der Waals surface area (Å²) in [7, 11) is 5.65. The van der Waals surface area contributed by atoms with E-state index in [1.165, 1.54) is 22.5 Å². The monoisotopic (exact) mass is 284 g/mol. The molecule has 1 aliphatic heterocycles. The highest BCUT2D eigenvalue weighted by Crippen LogP contribution is 2.35. The number of carbonyl (C=O) groups excluding carboxylic acids is 1. The summed E-state index contributed by atoms with van der Waals surface area (Å²) in [6, 6.07) is 7.96. The van der Waals surface area contributed by atoms with Crippen molar-refractivity contribution in [1.29, 1.82) is 0 Å². The van der Waals surface area contributed by atoms with E-state index < -0.39 is 0 Å². The van der Waals surface area contributed by atoms with Crippen LogP contribution in [-0.4, -0.2) is 36.9 Å². The van der Waals surface area contributed by atoms with E-state index in [1.807, 2.05) is 18.2 Å². The van der Waals surface area contributed by atoms with Gasteiger partial charge in [-0.1, -0.05) is 18.2 Å². The van der Waals surface area contributed by atoms with Crippen molar-refractivity contribution in [1.82, 2.24) is 9.80 Å². The molecule has 3 nitrogen and oxygen atoms in total. The lowest BCUT2D eigenvalue weighted by atomic mass is 9.86. The van der Waals surface area contributed by atoms with Gasteiger partial charge in [0.25, 0.3) is 5.91 Å². The van der Waals surface area contributed by atoms with E-state index in [9.17, 15) is 4.79 Å². The van der Waals surface area contributed by atoms with Crippen LogP contribution in [0.25, 0.3) is 0 Å². The molecule has 0 N–H and O–H groups in total. The predicted octanol–water partition coefficient (Wildman–Crippen LogP) is 3.62. The molecular weight excluding hydrogens is 260 g/mol. The molecule has 0 aromatic heterocycles. The zero-order valence-corrected chi connectivity index (χ0v) is 13.8. The van der Waals surface area contributed by atoms with Crippen LogP contribution in [0.15, 0.2) is 47.3 Å². The number of rotatable bonds is 2. The van der Waals surface area contributed by atoms with Crippen LogP contribution in [0, 0.1) is 0 Å². The molecular formula is C18H24N2O. The Morgan fingerprint density at radius 2 is 1.86 bits per heavy atom. The van der Waals surface area contributed by atoms with E-state index >= 15 is 0 Å². The number of benzene rings is 1. The Morgan fingerprint density at radius 1 is 1.19 bits per heavy atom. The molecule has 21 heavy (non-hydrogen) atoms. The minimum atomic E-state index is 0.0452. The summed E-state index contributed by atoms with van der Waals surface area (Å²) in [5.41, 5.74) is 5.77. The standard InChI is InChI=1S/C18H24N2O/c1-12-10-17(13(2)14(3)20(12)6)15-8-7-9-16(11-15)18(21)19(4)5/h7-11,17H,1-6H3. The first kappa shape index (κ1) is 15.4. The topological polar surface area (TPSA) is 23.6 Å². The van der Waals surface area contributed by atoms with Gasteiger partial charge in [-0.05, 0) is 44.0 Å². The van der Waals surface area contributed by atoms with Crippen LogP contribution in [0.4, 0.5) is 0 Å². The van der Waals surface area contributed by atoms with Gasteiger partial charge in [0.15, 0.2) is 0 Å². The lowest BCUT2D eigenvalue weighted by Gasteiger charge is -2.32. The minimum absolute atomic E-state index is 0.0452. The maximum Gasteiger partial charge on any atom is 0.253 e. The van der Waals surface area contributed by atoms with Gasteiger partial charge in [-0.2, -0.15) is 0 Å². The normalized spacial score (nSPS) is 18.7. The molecule has 1 aliphatic rings. The third-order valence-corrected chi connectivity index (χ3v) is 4.38. The van der Waals surface area contributed by atoms with Crippen molar-refractivity contribution in [3.8, 4) is 0 Å². The van der Waals surface area contributed by atoms with Gasteiger partial charge in [0.1, 0.15) is 0 Å². The van der Waals surface area contributed by atoms with Gasteiger partial charge < -0.3 is 9.80 Å². The molecule has 112 valence electrons. The van der Waals surface area contributed by atoms with Gasteiger partial charge in [-0.15, -0.1) is 0 Å². The van der Waals surface area contributed by atoms with E-state index in [-0.39, 0.29) is 11.8 Å². The number of carbonyl (C=O) groups is 1. The molecule has 1 amide bonds. The Hall–Kier alpha value is -2.03. The summed E-state index contributed by atoms with van der Waals surface area (Å²) in [5.74, 6) is 0.292. The fourth-order valence-corrected chi connectivity index (χ4v) is 2.70. The summed E-state index contributed by atoms with van der Waals surface area (Å²) in [5, 5.41) is 0. The molecule has 2 rings (SSSR count). The van der Waals surface area contributed by atoms with Gasteiger partial charge in [0.05, 0.1) is 0 Å². The Kier molecular flexibility index (Phi) is 4.21. The highest BCUT2D eigenvalue weighted by atomic mass is 16.2. The van der Waals surface area contributed by atoms with Gasteiger partial charge in [0, 0.05) is 44.0 Å². The van der Waals surface area contributed by atoms with E-state index in [2.05, 4.69) is 44.9 Å². The van der Waals surface area contributed by atoms with Crippen LogP contribution in [0.3, 0.4) is 0 Å². The van der Waals surface area contributed by atoms with Crippen LogP contribution in [0.1, 0.15) is 42.6 Å². The molecule has 0 saturated heterocycles. The number of hydrogen-bond acceptors (Lipinski definition) is 2. The van der Waals surface area contributed by atoms with Crippen molar-refractivity contribution in [2.24, 2.45) is 0 Å². The van der Waals surface area contributed by atoms with Crippen LogP contribution in [0.2, 0.25) is 0 Å². The maximum atomic E-state index is 12.1. The van der Waals surface area contributed by atoms with Crippen LogP contribution in [0.5, 0.6) is 0 Å². The van der Waals surface area contributed by atoms with Crippen molar-refractivity contribution in [2.45, 2.75) is 26.7 Å². The van der Waals surface area contributed by atoms with Crippen LogP contribution >= 0.6 is 0 Å². The molecule has 1 unspecified atom stereocenters. The molecule has 0 saturated carbocycles. The lowest BCUT2D eigenvalue weighted by molar-refractivity contribution is 0.0827. The van der Waals surface area contributed by atoms with Gasteiger partial charge in [0.2, 0.25) is 0 Å². The quantitative estimate of drug-likeness (QED) is 0.828. The average molecular weight is 284 g/mol. The maximum absolute atomic E-state index is 12.1. The van der Waals surface area contributed by atoms with E-state index in [1.54, 1.807) is 19.0 Å². The number of amides is 1. The Bertz CT molecular complexity index is 626. The molecule has 1 aromatic carbocycles. The second-order valence-electron chi connectivity index (χ2n) is 5.94. The summed E-state index contributed by atoms with van der Waals surface area (Å²) in [6.45, 7) is 6.44. The first-order chi connectivity index (χ1) is 9.82. The summed E-state index contributed by atoms with van der Waals surface area (Å²) in [6.07, 6.45) is 2.27. The van der Waals surface area contributed by atoms with Gasteiger partial charge in [-0.25, -0.2) is 0 Å². The van der Waals surface area contributed by atoms with Crippen LogP contribution < -0.4 is 0 Å². The Labute approximate surface area is 127 Å². The summed E-state index contributed by atoms with van der Waals surface area (Å²) in [4.78, 5) is 16.0. The molecule has 0 bridgehead atoms. The second-order valence-corrected chi connectivity index (χ2v) is 5.94. The third-order valence-electron chi connectivity index (χ3n) is 4.38. The van der Waals surface area contributed by atoms with Crippen molar-refractivity contribution in [3.05, 3.63) is 58.4 Å². The molecule has 1 aromatic rings. The van der Waals surface area contributed by atoms with Crippen LogP contribution in [-0.2, 0) is 0 Å². The predicted molar refractivity (Wildman–Crippen MR) is 87.1 cm³/mol. The molecule has 1 atom stereocenters. The zero-order chi connectivity index (χ0) is 15.7. The first-order valence-electron chi connectivity index (χ1n) is 7.24. The van der Waals surface area contributed by atoms with E-state index in [0.717, 1.165) is 5.56 Å². The third kappa shape index (κ3) is 2.87. The van der Waals surface area contributed by atoms with Crippen molar-refractivity contribution in [3.63, 3.8) is 0 Å². The highest BCUT2D eigenvalue weighted by Gasteiger charge is 2.22. The average Bonchev–Trinajstić information content (AvgIpc) is 2.48. The fraction of sp³-hybridized carbons (Fsp3) is 0.389. The van der Waals surface area contributed by atoms with E-state index in [4.69, 9.17) is 0 Å². The molecule has 1 heterocycles. The Morgan fingerprint density at radius 3 is 2.48 bits per heavy atom. The van der Waals surface area contributed by atoms with Crippen molar-refractivity contribution >= 4 is 5.91 Å². The Balaban J connectivity index is 2.43. The summed E-state index contributed by atoms with van der Waals surface area (Å²) >= 11 is 0. The first-order valence-corrected chi connectivity index (χ1v) is 7.24. The second kappa shape index (κ2) is 5.76. The molecule has 0 fully saturated rings. The summed E-state index contributed by atoms with van der Waals surface area (Å²) < 4.78 is 0. The number of hydrogen-bond donors (Lipinski definition) is 0.